The molecule has 1 aliphatic heterocycles. The van der Waals surface area contributed by atoms with Crippen molar-refractivity contribution in [2.24, 2.45) is 0 Å². The van der Waals surface area contributed by atoms with E-state index in [0.717, 1.165) is 73.3 Å². The van der Waals surface area contributed by atoms with E-state index in [9.17, 15) is 30.0 Å². The fraction of sp³-hybridized carbons (Fsp3) is 0.548. The van der Waals surface area contributed by atoms with Crippen LogP contribution in [0.2, 0.25) is 5.02 Å². The van der Waals surface area contributed by atoms with Gasteiger partial charge in [-0.25, -0.2) is 4.79 Å². The van der Waals surface area contributed by atoms with Crippen LogP contribution in [0.1, 0.15) is 80.9 Å². The van der Waals surface area contributed by atoms with Crippen LogP contribution in [0.15, 0.2) is 60.9 Å². The Morgan fingerprint density at radius 1 is 0.964 bits per heavy atom. The van der Waals surface area contributed by atoms with Crippen LogP contribution in [0.3, 0.4) is 0 Å². The molecule has 1 unspecified atom stereocenters. The summed E-state index contributed by atoms with van der Waals surface area (Å²) in [7, 11) is 0. The van der Waals surface area contributed by atoms with Gasteiger partial charge in [0.2, 0.25) is 5.91 Å². The number of halogens is 1. The van der Waals surface area contributed by atoms with Gasteiger partial charge in [-0.05, 0) is 103 Å². The SMILES string of the molecule is CC(CCCC(=O)N1CCN(C(=O)NC[C@H](O)[C@@H](O)[C@H](O)[C@H](O)CO)CC1)c1ccc(Cl)c(CCC2(c3cnccc3-c3ccccc3OC3CC3)CC2)c1. The number of carbonyl (C=O) groups is 2. The van der Waals surface area contributed by atoms with Crippen molar-refractivity contribution in [1.29, 1.82) is 0 Å². The lowest BCUT2D eigenvalue weighted by Gasteiger charge is -2.35. The molecular formula is C42H55ClN4O8. The normalized spacial score (nSPS) is 19.3. The molecule has 12 nitrogen and oxygen atoms in total. The highest BCUT2D eigenvalue weighted by Crippen LogP contribution is 2.55. The van der Waals surface area contributed by atoms with Crippen molar-refractivity contribution in [3.8, 4) is 16.9 Å². The number of hydrogen-bond donors (Lipinski definition) is 6. The van der Waals surface area contributed by atoms with Gasteiger partial charge in [0.25, 0.3) is 0 Å². The van der Waals surface area contributed by atoms with Gasteiger partial charge in [0, 0.05) is 62.1 Å². The number of urea groups is 1. The zero-order chi connectivity index (χ0) is 39.1. The molecule has 298 valence electrons. The summed E-state index contributed by atoms with van der Waals surface area (Å²) in [5, 5.41) is 51.5. The van der Waals surface area contributed by atoms with Gasteiger partial charge < -0.3 is 45.4 Å². The Balaban J connectivity index is 0.956. The van der Waals surface area contributed by atoms with E-state index in [0.29, 0.717) is 38.7 Å². The molecule has 2 aliphatic carbocycles. The molecule has 2 aromatic carbocycles. The van der Waals surface area contributed by atoms with Crippen molar-refractivity contribution in [3.63, 3.8) is 0 Å². The Kier molecular flexibility index (Phi) is 13.7. The van der Waals surface area contributed by atoms with E-state index in [-0.39, 0.29) is 23.8 Å². The van der Waals surface area contributed by atoms with Crippen molar-refractivity contribution in [2.75, 3.05) is 39.3 Å². The Hall–Kier alpha value is -3.78. The highest BCUT2D eigenvalue weighted by molar-refractivity contribution is 6.31. The second kappa shape index (κ2) is 18.4. The number of para-hydroxylation sites is 1. The summed E-state index contributed by atoms with van der Waals surface area (Å²) in [5.41, 5.74) is 6.01. The third-order valence-electron chi connectivity index (χ3n) is 11.5. The summed E-state index contributed by atoms with van der Waals surface area (Å²) in [4.78, 5) is 33.5. The van der Waals surface area contributed by atoms with Crippen molar-refractivity contribution >= 4 is 23.5 Å². The minimum Gasteiger partial charge on any atom is -0.490 e. The summed E-state index contributed by atoms with van der Waals surface area (Å²) >= 11 is 6.78. The molecule has 2 heterocycles. The number of nitrogens with one attached hydrogen (secondary N) is 1. The number of carbonyl (C=O) groups excluding carboxylic acids is 2. The zero-order valence-corrected chi connectivity index (χ0v) is 32.3. The standard InChI is InChI=1S/C42H55ClN4O8/c1-27(5-4-8-38(51)46-19-21-47(22-20-46)41(54)45-25-35(49)39(52)40(53)36(50)26-48)28-9-12-34(43)29(23-28)13-15-42(16-17-42)33-24-44-18-14-31(33)32-6-2-3-7-37(32)55-30-10-11-30/h2-3,6-7,9,12,14,18,23-24,27,30,35-36,39-40,48-50,52-53H,4-5,8,10-11,13,15-17,19-22,25-26H2,1H3,(H,45,54)/t27?,35-,36+,39+,40+/m0/s1. The van der Waals surface area contributed by atoms with Crippen molar-refractivity contribution < 1.29 is 39.9 Å². The van der Waals surface area contributed by atoms with Crippen LogP contribution < -0.4 is 10.1 Å². The molecule has 6 rings (SSSR count). The third-order valence-corrected chi connectivity index (χ3v) is 11.9. The van der Waals surface area contributed by atoms with E-state index in [1.54, 1.807) is 4.90 Å². The number of nitrogens with zero attached hydrogens (tertiary/aromatic N) is 3. The number of piperazine rings is 1. The predicted octanol–water partition coefficient (Wildman–Crippen LogP) is 4.17. The molecule has 13 heteroatoms. The van der Waals surface area contributed by atoms with Crippen LogP contribution in [-0.4, -0.2) is 122 Å². The minimum absolute atomic E-state index is 0.0465. The molecule has 3 aliphatic rings. The van der Waals surface area contributed by atoms with Crippen molar-refractivity contribution in [2.45, 2.75) is 107 Å². The van der Waals surface area contributed by atoms with Gasteiger partial charge in [-0.3, -0.25) is 9.78 Å². The molecule has 0 spiro atoms. The van der Waals surface area contributed by atoms with E-state index in [2.05, 4.69) is 53.6 Å². The van der Waals surface area contributed by atoms with Gasteiger partial charge in [-0.15, -0.1) is 0 Å². The van der Waals surface area contributed by atoms with E-state index in [1.165, 1.54) is 21.6 Å². The largest absolute Gasteiger partial charge is 0.490 e. The number of aliphatic hydroxyl groups excluding tert-OH is 5. The zero-order valence-electron chi connectivity index (χ0n) is 31.5. The molecule has 3 aromatic rings. The first-order valence-corrected chi connectivity index (χ1v) is 20.0. The first-order chi connectivity index (χ1) is 26.5. The summed E-state index contributed by atoms with van der Waals surface area (Å²) < 4.78 is 6.29. The van der Waals surface area contributed by atoms with E-state index in [1.807, 2.05) is 24.5 Å². The summed E-state index contributed by atoms with van der Waals surface area (Å²) in [6.07, 6.45) is 5.81. The number of amides is 3. The number of aryl methyl sites for hydroxylation is 1. The summed E-state index contributed by atoms with van der Waals surface area (Å²) in [5.74, 6) is 1.23. The lowest BCUT2D eigenvalue weighted by atomic mass is 9.84. The van der Waals surface area contributed by atoms with E-state index >= 15 is 0 Å². The molecular weight excluding hydrogens is 724 g/mol. The summed E-state index contributed by atoms with van der Waals surface area (Å²) in [6, 6.07) is 16.3. The van der Waals surface area contributed by atoms with Crippen molar-refractivity contribution in [1.82, 2.24) is 20.1 Å². The molecule has 0 bridgehead atoms. The monoisotopic (exact) mass is 778 g/mol. The molecule has 3 amide bonds. The molecule has 2 saturated carbocycles. The highest BCUT2D eigenvalue weighted by atomic mass is 35.5. The predicted molar refractivity (Wildman–Crippen MR) is 209 cm³/mol. The van der Waals surface area contributed by atoms with Crippen LogP contribution in [0.25, 0.3) is 11.1 Å². The maximum Gasteiger partial charge on any atom is 0.317 e. The lowest BCUT2D eigenvalue weighted by molar-refractivity contribution is -0.132. The number of hydrogen-bond acceptors (Lipinski definition) is 9. The van der Waals surface area contributed by atoms with Crippen LogP contribution in [0, 0.1) is 0 Å². The lowest BCUT2D eigenvalue weighted by Crippen LogP contribution is -2.55. The summed E-state index contributed by atoms with van der Waals surface area (Å²) in [6.45, 7) is 2.45. The number of rotatable bonds is 18. The smallest absolute Gasteiger partial charge is 0.317 e. The van der Waals surface area contributed by atoms with Gasteiger partial charge in [-0.1, -0.05) is 48.9 Å². The third kappa shape index (κ3) is 10.3. The van der Waals surface area contributed by atoms with Gasteiger partial charge in [0.05, 0.1) is 18.8 Å². The fourth-order valence-electron chi connectivity index (χ4n) is 7.51. The molecule has 0 radical (unpaired) electrons. The number of benzene rings is 2. The maximum atomic E-state index is 13.1. The molecule has 1 saturated heterocycles. The highest BCUT2D eigenvalue weighted by Gasteiger charge is 2.45. The number of ether oxygens (including phenoxy) is 1. The number of aromatic nitrogens is 1. The second-order valence-electron chi connectivity index (χ2n) is 15.5. The van der Waals surface area contributed by atoms with Crippen LogP contribution in [0.4, 0.5) is 4.79 Å². The first-order valence-electron chi connectivity index (χ1n) is 19.6. The van der Waals surface area contributed by atoms with Crippen LogP contribution in [0.5, 0.6) is 5.75 Å². The maximum absolute atomic E-state index is 13.1. The Morgan fingerprint density at radius 3 is 2.38 bits per heavy atom. The van der Waals surface area contributed by atoms with Gasteiger partial charge in [-0.2, -0.15) is 0 Å². The van der Waals surface area contributed by atoms with Gasteiger partial charge in [0.1, 0.15) is 24.1 Å². The molecule has 1 aromatic heterocycles. The van der Waals surface area contributed by atoms with Crippen LogP contribution in [-0.2, 0) is 16.6 Å². The van der Waals surface area contributed by atoms with E-state index < -0.39 is 37.1 Å². The van der Waals surface area contributed by atoms with Crippen LogP contribution >= 0.6 is 11.6 Å². The average molecular weight is 779 g/mol. The minimum atomic E-state index is -1.77. The first kappa shape index (κ1) is 40.9. The quantitative estimate of drug-likeness (QED) is 0.111. The van der Waals surface area contributed by atoms with Crippen molar-refractivity contribution in [3.05, 3.63) is 82.6 Å². The van der Waals surface area contributed by atoms with Gasteiger partial charge in [0.15, 0.2) is 0 Å². The number of aliphatic hydroxyl groups is 5. The molecule has 6 N–H and O–H groups in total. The van der Waals surface area contributed by atoms with Gasteiger partial charge >= 0.3 is 6.03 Å². The average Bonchev–Trinajstić information content (AvgIpc) is 4.16. The topological polar surface area (TPSA) is 176 Å². The second-order valence-corrected chi connectivity index (χ2v) is 15.9. The fourth-order valence-corrected chi connectivity index (χ4v) is 7.72. The van der Waals surface area contributed by atoms with E-state index in [4.69, 9.17) is 21.4 Å². The molecule has 3 fully saturated rings. The Bertz CT molecular complexity index is 1760. The molecule has 5 atom stereocenters. The number of pyridine rings is 1. The Morgan fingerprint density at radius 2 is 1.67 bits per heavy atom. The molecule has 55 heavy (non-hydrogen) atoms. The Labute approximate surface area is 328 Å².